The van der Waals surface area contributed by atoms with Crippen molar-refractivity contribution in [1.82, 2.24) is 24.6 Å². The van der Waals surface area contributed by atoms with Crippen molar-refractivity contribution in [2.24, 2.45) is 0 Å². The predicted octanol–water partition coefficient (Wildman–Crippen LogP) is 3.15. The molecule has 32 heavy (non-hydrogen) atoms. The topological polar surface area (TPSA) is 101 Å². The standard InChI is InChI=1S/C22H22ClN5O4/c1-13-9-26(4-5-27(13)22(30)31)21(29)14-2-3-17-18(23)7-19(25-20(17)6-14)15-8-24-28(10-15)16-11-32-12-16/h2-3,6-8,10,13,16H,4-5,9,11-12H2,1H3,(H,30,31). The molecule has 0 saturated carbocycles. The maximum absolute atomic E-state index is 13.1. The first-order valence-electron chi connectivity index (χ1n) is 10.4. The second kappa shape index (κ2) is 8.07. The quantitative estimate of drug-likeness (QED) is 0.651. The Bertz CT molecular complexity index is 1210. The Morgan fingerprint density at radius 2 is 2.03 bits per heavy atom. The zero-order valence-corrected chi connectivity index (χ0v) is 18.2. The molecule has 3 aromatic rings. The smallest absolute Gasteiger partial charge is 0.407 e. The highest BCUT2D eigenvalue weighted by atomic mass is 35.5. The minimum Gasteiger partial charge on any atom is -0.465 e. The van der Waals surface area contributed by atoms with Crippen molar-refractivity contribution in [2.45, 2.75) is 19.0 Å². The highest BCUT2D eigenvalue weighted by Gasteiger charge is 2.30. The molecule has 0 spiro atoms. The number of benzene rings is 1. The van der Waals surface area contributed by atoms with Crippen LogP contribution in [-0.2, 0) is 4.74 Å². The van der Waals surface area contributed by atoms with Crippen LogP contribution in [0, 0.1) is 0 Å². The van der Waals surface area contributed by atoms with E-state index in [1.807, 2.05) is 10.9 Å². The lowest BCUT2D eigenvalue weighted by Crippen LogP contribution is -2.55. The van der Waals surface area contributed by atoms with E-state index in [0.29, 0.717) is 54.6 Å². The van der Waals surface area contributed by atoms with Gasteiger partial charge in [-0.2, -0.15) is 5.10 Å². The van der Waals surface area contributed by atoms with Gasteiger partial charge in [-0.15, -0.1) is 0 Å². The van der Waals surface area contributed by atoms with Crippen LogP contribution < -0.4 is 0 Å². The zero-order chi connectivity index (χ0) is 22.4. The third-order valence-electron chi connectivity index (χ3n) is 6.06. The van der Waals surface area contributed by atoms with Crippen LogP contribution in [0.25, 0.3) is 22.2 Å². The monoisotopic (exact) mass is 455 g/mol. The highest BCUT2D eigenvalue weighted by Crippen LogP contribution is 2.30. The number of halogens is 1. The van der Waals surface area contributed by atoms with E-state index in [9.17, 15) is 14.7 Å². The molecule has 2 amide bonds. The van der Waals surface area contributed by atoms with Gasteiger partial charge in [-0.1, -0.05) is 17.7 Å². The van der Waals surface area contributed by atoms with Crippen molar-refractivity contribution in [3.8, 4) is 11.3 Å². The van der Waals surface area contributed by atoms with Crippen LogP contribution in [0.2, 0.25) is 5.02 Å². The summed E-state index contributed by atoms with van der Waals surface area (Å²) in [5, 5.41) is 15.0. The Hall–Kier alpha value is -3.17. The number of fused-ring (bicyclic) bond motifs is 1. The van der Waals surface area contributed by atoms with E-state index in [2.05, 4.69) is 5.10 Å². The van der Waals surface area contributed by atoms with Crippen LogP contribution >= 0.6 is 11.6 Å². The van der Waals surface area contributed by atoms with Crippen molar-refractivity contribution in [1.29, 1.82) is 0 Å². The number of aromatic nitrogens is 3. The number of carbonyl (C=O) groups is 2. The van der Waals surface area contributed by atoms with Crippen molar-refractivity contribution >= 4 is 34.5 Å². The van der Waals surface area contributed by atoms with E-state index in [-0.39, 0.29) is 18.0 Å². The molecule has 0 radical (unpaired) electrons. The van der Waals surface area contributed by atoms with Gasteiger partial charge in [0.2, 0.25) is 0 Å². The summed E-state index contributed by atoms with van der Waals surface area (Å²) < 4.78 is 7.10. The molecule has 10 heteroatoms. The minimum atomic E-state index is -0.963. The normalized spacial score (nSPS) is 19.2. The van der Waals surface area contributed by atoms with Gasteiger partial charge >= 0.3 is 6.09 Å². The fourth-order valence-corrected chi connectivity index (χ4v) is 4.38. The van der Waals surface area contributed by atoms with Gasteiger partial charge in [0.1, 0.15) is 0 Å². The van der Waals surface area contributed by atoms with Gasteiger partial charge in [0, 0.05) is 48.4 Å². The number of nitrogens with zero attached hydrogens (tertiary/aromatic N) is 5. The predicted molar refractivity (Wildman–Crippen MR) is 118 cm³/mol. The zero-order valence-electron chi connectivity index (χ0n) is 17.4. The molecule has 1 atom stereocenters. The van der Waals surface area contributed by atoms with Gasteiger partial charge in [0.25, 0.3) is 5.91 Å². The summed E-state index contributed by atoms with van der Waals surface area (Å²) >= 11 is 6.52. The number of carboxylic acid groups (broad SMARTS) is 1. The third-order valence-corrected chi connectivity index (χ3v) is 6.37. The van der Waals surface area contributed by atoms with Crippen molar-refractivity contribution in [3.05, 3.63) is 47.2 Å². The van der Waals surface area contributed by atoms with E-state index in [0.717, 1.165) is 10.9 Å². The highest BCUT2D eigenvalue weighted by molar-refractivity contribution is 6.35. The van der Waals surface area contributed by atoms with Crippen molar-refractivity contribution < 1.29 is 19.4 Å². The summed E-state index contributed by atoms with van der Waals surface area (Å²) in [7, 11) is 0. The molecule has 2 aliphatic rings. The fourth-order valence-electron chi connectivity index (χ4n) is 4.12. The molecule has 9 nitrogen and oxygen atoms in total. The van der Waals surface area contributed by atoms with E-state index in [4.69, 9.17) is 21.3 Å². The molecular weight excluding hydrogens is 434 g/mol. The van der Waals surface area contributed by atoms with Crippen LogP contribution in [0.3, 0.4) is 0 Å². The van der Waals surface area contributed by atoms with Gasteiger partial charge in [-0.05, 0) is 25.1 Å². The minimum absolute atomic E-state index is 0.148. The second-order valence-corrected chi connectivity index (χ2v) is 8.60. The first kappa shape index (κ1) is 20.7. The Morgan fingerprint density at radius 3 is 2.72 bits per heavy atom. The van der Waals surface area contributed by atoms with Gasteiger partial charge < -0.3 is 19.6 Å². The SMILES string of the molecule is CC1CN(C(=O)c2ccc3c(Cl)cc(-c4cnn(C5COC5)c4)nc3c2)CCN1C(=O)O. The molecule has 0 aliphatic carbocycles. The van der Waals surface area contributed by atoms with Gasteiger partial charge in [-0.3, -0.25) is 9.48 Å². The Balaban J connectivity index is 1.42. The molecule has 5 rings (SSSR count). The fraction of sp³-hybridized carbons (Fsp3) is 0.364. The van der Waals surface area contributed by atoms with Crippen LogP contribution in [0.15, 0.2) is 36.7 Å². The first-order valence-corrected chi connectivity index (χ1v) is 10.8. The Labute approximate surface area is 189 Å². The van der Waals surface area contributed by atoms with Crippen LogP contribution in [0.5, 0.6) is 0 Å². The van der Waals surface area contributed by atoms with Crippen molar-refractivity contribution in [2.75, 3.05) is 32.8 Å². The summed E-state index contributed by atoms with van der Waals surface area (Å²) in [6.07, 6.45) is 2.71. The number of hydrogen-bond acceptors (Lipinski definition) is 5. The third kappa shape index (κ3) is 3.67. The Morgan fingerprint density at radius 1 is 1.22 bits per heavy atom. The molecule has 166 valence electrons. The summed E-state index contributed by atoms with van der Waals surface area (Å²) in [5.74, 6) is -0.148. The lowest BCUT2D eigenvalue weighted by Gasteiger charge is -2.38. The lowest BCUT2D eigenvalue weighted by molar-refractivity contribution is -0.0286. The molecular formula is C22H22ClN5O4. The number of rotatable bonds is 3. The van der Waals surface area contributed by atoms with E-state index < -0.39 is 6.09 Å². The van der Waals surface area contributed by atoms with E-state index in [1.54, 1.807) is 42.3 Å². The summed E-state index contributed by atoms with van der Waals surface area (Å²) in [6, 6.07) is 7.06. The lowest BCUT2D eigenvalue weighted by atomic mass is 10.1. The van der Waals surface area contributed by atoms with Crippen LogP contribution in [-0.4, -0.2) is 80.6 Å². The van der Waals surface area contributed by atoms with E-state index in [1.165, 1.54) is 4.90 Å². The number of amides is 2. The molecule has 2 aromatic heterocycles. The maximum Gasteiger partial charge on any atom is 0.407 e. The van der Waals surface area contributed by atoms with Crippen molar-refractivity contribution in [3.63, 3.8) is 0 Å². The molecule has 2 aliphatic heterocycles. The number of pyridine rings is 1. The second-order valence-electron chi connectivity index (χ2n) is 8.20. The summed E-state index contributed by atoms with van der Waals surface area (Å²) in [6.45, 7) is 4.10. The molecule has 1 aromatic carbocycles. The van der Waals surface area contributed by atoms with Gasteiger partial charge in [0.05, 0.1) is 41.7 Å². The average molecular weight is 456 g/mol. The molecule has 4 heterocycles. The Kier molecular flexibility index (Phi) is 5.22. The molecule has 1 unspecified atom stereocenters. The van der Waals surface area contributed by atoms with Crippen LogP contribution in [0.1, 0.15) is 23.3 Å². The van der Waals surface area contributed by atoms with Crippen LogP contribution in [0.4, 0.5) is 4.79 Å². The number of carbonyl (C=O) groups excluding carboxylic acids is 1. The maximum atomic E-state index is 13.1. The summed E-state index contributed by atoms with van der Waals surface area (Å²) in [5.41, 5.74) is 2.64. The number of hydrogen-bond donors (Lipinski definition) is 1. The molecule has 2 saturated heterocycles. The molecule has 1 N–H and O–H groups in total. The molecule has 2 fully saturated rings. The number of piperazine rings is 1. The molecule has 0 bridgehead atoms. The van der Waals surface area contributed by atoms with Gasteiger partial charge in [0.15, 0.2) is 0 Å². The average Bonchev–Trinajstić information content (AvgIpc) is 3.20. The largest absolute Gasteiger partial charge is 0.465 e. The van der Waals surface area contributed by atoms with Gasteiger partial charge in [-0.25, -0.2) is 9.78 Å². The summed E-state index contributed by atoms with van der Waals surface area (Å²) in [4.78, 5) is 32.2. The first-order chi connectivity index (χ1) is 15.4. The van der Waals surface area contributed by atoms with E-state index >= 15 is 0 Å². The number of ether oxygens (including phenoxy) is 1.